The van der Waals surface area contributed by atoms with Crippen molar-refractivity contribution in [3.05, 3.63) is 63.6 Å². The Bertz CT molecular complexity index is 1480. The second kappa shape index (κ2) is 11.6. The van der Waals surface area contributed by atoms with Crippen LogP contribution in [-0.2, 0) is 17.6 Å². The number of halogens is 1. The molecular weight excluding hydrogens is 528 g/mol. The number of nitrogens with zero attached hydrogens (tertiary/aromatic N) is 6. The smallest absolute Gasteiger partial charge is 0.355 e. The third-order valence-electron chi connectivity index (χ3n) is 8.05. The number of aryl methyl sites for hydroxylation is 2. The highest BCUT2D eigenvalue weighted by Gasteiger charge is 2.31. The number of aliphatic hydroxyl groups is 1. The predicted octanol–water partition coefficient (Wildman–Crippen LogP) is 3.74. The number of benzene rings is 1. The minimum atomic E-state index is -0.458. The zero-order chi connectivity index (χ0) is 28.6. The number of fused-ring (bicyclic) bond motifs is 1. The average Bonchev–Trinajstić information content (AvgIpc) is 2.96. The Kier molecular flexibility index (Phi) is 8.14. The van der Waals surface area contributed by atoms with Crippen molar-refractivity contribution < 1.29 is 9.90 Å². The molecule has 0 bridgehead atoms. The van der Waals surface area contributed by atoms with Crippen molar-refractivity contribution in [2.75, 3.05) is 42.5 Å². The first kappa shape index (κ1) is 28.1. The molecule has 2 aliphatic rings. The van der Waals surface area contributed by atoms with Gasteiger partial charge >= 0.3 is 5.69 Å². The lowest BCUT2D eigenvalue weighted by molar-refractivity contribution is -0.126. The summed E-state index contributed by atoms with van der Waals surface area (Å²) in [6.07, 6.45) is 3.93. The number of carbonyl (C=O) groups is 1. The SMILES string of the molecule is C=CC(=O)N1CCN(c2nc(=O)n(-c3c(CC)cccc3CC)c3nc(N4CCCC(O)C4)c(Cl)cc23)C(C)C1. The van der Waals surface area contributed by atoms with Crippen LogP contribution in [0.25, 0.3) is 16.7 Å². The van der Waals surface area contributed by atoms with Crippen molar-refractivity contribution >= 4 is 40.2 Å². The maximum absolute atomic E-state index is 14.0. The number of aliphatic hydroxyl groups excluding tert-OH is 1. The molecule has 1 amide bonds. The number of aromatic nitrogens is 3. The van der Waals surface area contributed by atoms with Gasteiger partial charge in [-0.25, -0.2) is 14.3 Å². The third-order valence-corrected chi connectivity index (χ3v) is 8.33. The van der Waals surface area contributed by atoms with E-state index < -0.39 is 11.8 Å². The first-order chi connectivity index (χ1) is 19.3. The van der Waals surface area contributed by atoms with Crippen LogP contribution in [-0.4, -0.2) is 75.3 Å². The van der Waals surface area contributed by atoms with Crippen LogP contribution >= 0.6 is 11.6 Å². The van der Waals surface area contributed by atoms with E-state index in [1.807, 2.05) is 36.1 Å². The summed E-state index contributed by atoms with van der Waals surface area (Å²) in [6, 6.07) is 7.86. The molecule has 212 valence electrons. The van der Waals surface area contributed by atoms with Crippen LogP contribution in [0.2, 0.25) is 5.02 Å². The molecule has 10 heteroatoms. The lowest BCUT2D eigenvalue weighted by atomic mass is 10.0. The maximum atomic E-state index is 14.0. The summed E-state index contributed by atoms with van der Waals surface area (Å²) >= 11 is 6.89. The zero-order valence-corrected chi connectivity index (χ0v) is 24.2. The molecule has 1 N–H and O–H groups in total. The van der Waals surface area contributed by atoms with Crippen molar-refractivity contribution in [3.63, 3.8) is 0 Å². The van der Waals surface area contributed by atoms with E-state index in [-0.39, 0.29) is 11.9 Å². The first-order valence-electron chi connectivity index (χ1n) is 14.1. The van der Waals surface area contributed by atoms with E-state index in [9.17, 15) is 14.7 Å². The Balaban J connectivity index is 1.75. The number of para-hydroxylation sites is 1. The lowest BCUT2D eigenvalue weighted by Gasteiger charge is -2.40. The summed E-state index contributed by atoms with van der Waals surface area (Å²) in [7, 11) is 0. The fourth-order valence-electron chi connectivity index (χ4n) is 5.99. The molecule has 2 fully saturated rings. The molecule has 2 unspecified atom stereocenters. The molecule has 9 nitrogen and oxygen atoms in total. The molecule has 0 spiro atoms. The maximum Gasteiger partial charge on any atom is 0.355 e. The van der Waals surface area contributed by atoms with Gasteiger partial charge in [0, 0.05) is 38.8 Å². The molecule has 2 atom stereocenters. The van der Waals surface area contributed by atoms with Gasteiger partial charge in [-0.3, -0.25) is 4.79 Å². The number of piperidine rings is 1. The zero-order valence-electron chi connectivity index (χ0n) is 23.4. The summed E-state index contributed by atoms with van der Waals surface area (Å²) < 4.78 is 1.64. The van der Waals surface area contributed by atoms with Crippen LogP contribution < -0.4 is 15.5 Å². The predicted molar refractivity (Wildman–Crippen MR) is 160 cm³/mol. The fourth-order valence-corrected chi connectivity index (χ4v) is 6.26. The van der Waals surface area contributed by atoms with Gasteiger partial charge in [-0.1, -0.05) is 50.2 Å². The van der Waals surface area contributed by atoms with Crippen molar-refractivity contribution in [1.82, 2.24) is 19.4 Å². The first-order valence-corrected chi connectivity index (χ1v) is 14.5. The fraction of sp³-hybridized carbons (Fsp3) is 0.467. The summed E-state index contributed by atoms with van der Waals surface area (Å²) in [5.41, 5.74) is 2.97. The van der Waals surface area contributed by atoms with Crippen molar-refractivity contribution in [2.45, 2.75) is 58.6 Å². The largest absolute Gasteiger partial charge is 0.391 e. The second-order valence-electron chi connectivity index (χ2n) is 10.6. The number of piperazine rings is 1. The molecule has 4 heterocycles. The molecule has 0 aliphatic carbocycles. The van der Waals surface area contributed by atoms with Gasteiger partial charge in [0.15, 0.2) is 5.65 Å². The van der Waals surface area contributed by atoms with E-state index >= 15 is 0 Å². The number of β-amino-alcohol motifs (C(OH)–C–C–N with tert-alkyl or cyclic N) is 1. The Morgan fingerprint density at radius 3 is 2.48 bits per heavy atom. The van der Waals surface area contributed by atoms with Crippen molar-refractivity contribution in [1.29, 1.82) is 0 Å². The molecule has 0 radical (unpaired) electrons. The van der Waals surface area contributed by atoms with Crippen molar-refractivity contribution in [2.24, 2.45) is 0 Å². The molecule has 2 saturated heterocycles. The number of hydrogen-bond donors (Lipinski definition) is 1. The minimum absolute atomic E-state index is 0.0894. The van der Waals surface area contributed by atoms with Gasteiger partial charge in [0.25, 0.3) is 0 Å². The van der Waals surface area contributed by atoms with E-state index in [2.05, 4.69) is 30.3 Å². The van der Waals surface area contributed by atoms with Gasteiger partial charge in [0.05, 0.1) is 22.2 Å². The van der Waals surface area contributed by atoms with Crippen LogP contribution in [0.15, 0.2) is 41.7 Å². The topological polar surface area (TPSA) is 94.8 Å². The van der Waals surface area contributed by atoms with Crippen LogP contribution in [0.1, 0.15) is 44.7 Å². The summed E-state index contributed by atoms with van der Waals surface area (Å²) in [5, 5.41) is 11.5. The average molecular weight is 565 g/mol. The molecule has 40 heavy (non-hydrogen) atoms. The number of rotatable bonds is 6. The van der Waals surface area contributed by atoms with Crippen LogP contribution in [0.4, 0.5) is 11.6 Å². The van der Waals surface area contributed by atoms with Crippen LogP contribution in [0, 0.1) is 0 Å². The van der Waals surface area contributed by atoms with E-state index in [0.29, 0.717) is 53.9 Å². The van der Waals surface area contributed by atoms with Crippen molar-refractivity contribution in [3.8, 4) is 5.69 Å². The highest BCUT2D eigenvalue weighted by Crippen LogP contribution is 2.35. The van der Waals surface area contributed by atoms with E-state index in [0.717, 1.165) is 49.0 Å². The van der Waals surface area contributed by atoms with Gasteiger partial charge in [0.2, 0.25) is 5.91 Å². The van der Waals surface area contributed by atoms with E-state index in [4.69, 9.17) is 16.6 Å². The molecule has 2 aromatic heterocycles. The Morgan fingerprint density at radius 1 is 1.12 bits per heavy atom. The van der Waals surface area contributed by atoms with Gasteiger partial charge < -0.3 is 19.8 Å². The Morgan fingerprint density at radius 2 is 1.85 bits per heavy atom. The second-order valence-corrected chi connectivity index (χ2v) is 11.0. The quantitative estimate of drug-likeness (QED) is 0.456. The van der Waals surface area contributed by atoms with Gasteiger partial charge in [0.1, 0.15) is 11.6 Å². The van der Waals surface area contributed by atoms with Crippen LogP contribution in [0.3, 0.4) is 0 Å². The van der Waals surface area contributed by atoms with Gasteiger partial charge in [-0.05, 0) is 55.9 Å². The summed E-state index contributed by atoms with van der Waals surface area (Å²) in [5.74, 6) is 0.960. The third kappa shape index (κ3) is 5.08. The Labute approximate surface area is 239 Å². The number of hydrogen-bond acceptors (Lipinski definition) is 7. The highest BCUT2D eigenvalue weighted by atomic mass is 35.5. The number of anilines is 2. The minimum Gasteiger partial charge on any atom is -0.391 e. The van der Waals surface area contributed by atoms with E-state index in [1.54, 1.807) is 9.47 Å². The lowest BCUT2D eigenvalue weighted by Crippen LogP contribution is -2.54. The Hall–Kier alpha value is -3.43. The van der Waals surface area contributed by atoms with E-state index in [1.165, 1.54) is 6.08 Å². The number of amides is 1. The molecule has 5 rings (SSSR count). The summed E-state index contributed by atoms with van der Waals surface area (Å²) in [4.78, 5) is 41.8. The summed E-state index contributed by atoms with van der Waals surface area (Å²) in [6.45, 7) is 12.4. The molecule has 0 saturated carbocycles. The highest BCUT2D eigenvalue weighted by molar-refractivity contribution is 6.33. The molecule has 3 aromatic rings. The molecule has 2 aliphatic heterocycles. The molecule has 1 aromatic carbocycles. The monoisotopic (exact) mass is 564 g/mol. The normalized spacial score (nSPS) is 19.8. The standard InChI is InChI=1S/C30H37ClN6O3/c1-5-20-10-8-11-21(6-2)26(20)37-28-23(16-24(31)29(32-28)35-13-9-12-22(38)18-35)27(33-30(37)40)36-15-14-34(17-19(36)4)25(39)7-3/h7-8,10-11,16,19,22,38H,3,5-6,9,12-15,17-18H2,1-2,4H3. The van der Waals surface area contributed by atoms with Gasteiger partial charge in [-0.15, -0.1) is 0 Å². The number of carbonyl (C=O) groups excluding carboxylic acids is 1. The number of pyridine rings is 1. The van der Waals surface area contributed by atoms with Crippen LogP contribution in [0.5, 0.6) is 0 Å². The van der Waals surface area contributed by atoms with Gasteiger partial charge in [-0.2, -0.15) is 4.98 Å². The molecular formula is C30H37ClN6O3.